The fraction of sp³-hybridized carbons (Fsp3) is 0.500. The van der Waals surface area contributed by atoms with Gasteiger partial charge in [-0.25, -0.2) is 8.78 Å². The van der Waals surface area contributed by atoms with Crippen LogP contribution in [0.15, 0.2) is 18.2 Å². The highest BCUT2D eigenvalue weighted by molar-refractivity contribution is 5.93. The molecule has 0 heterocycles. The van der Waals surface area contributed by atoms with Crippen molar-refractivity contribution in [1.29, 1.82) is 5.26 Å². The molecule has 0 bridgehead atoms. The summed E-state index contributed by atoms with van der Waals surface area (Å²) in [4.78, 5) is 12.7. The number of halogens is 2. The van der Waals surface area contributed by atoms with Gasteiger partial charge < -0.3 is 0 Å². The van der Waals surface area contributed by atoms with Gasteiger partial charge in [0.25, 0.3) is 0 Å². The number of rotatable bonds is 4. The van der Waals surface area contributed by atoms with Crippen LogP contribution in [-0.4, -0.2) is 5.78 Å². The van der Waals surface area contributed by atoms with E-state index in [-0.39, 0.29) is 11.3 Å². The Labute approximate surface area is 117 Å². The molecule has 0 spiro atoms. The Hall–Kier alpha value is -1.76. The first kappa shape index (κ1) is 14.6. The van der Waals surface area contributed by atoms with E-state index in [9.17, 15) is 18.8 Å². The van der Waals surface area contributed by atoms with E-state index in [1.54, 1.807) is 0 Å². The molecule has 2 nitrogen and oxygen atoms in total. The predicted molar refractivity (Wildman–Crippen MR) is 70.9 cm³/mol. The maximum Gasteiger partial charge on any atom is 0.160 e. The third-order valence-corrected chi connectivity index (χ3v) is 4.37. The van der Waals surface area contributed by atoms with Gasteiger partial charge in [-0.2, -0.15) is 5.26 Å². The summed E-state index contributed by atoms with van der Waals surface area (Å²) in [6, 6.07) is 4.82. The molecule has 1 unspecified atom stereocenters. The van der Waals surface area contributed by atoms with Crippen LogP contribution in [0.3, 0.4) is 0 Å². The van der Waals surface area contributed by atoms with Crippen LogP contribution in [0.1, 0.15) is 50.5 Å². The number of hydrogen-bond donors (Lipinski definition) is 0. The fourth-order valence-corrected chi connectivity index (χ4v) is 3.16. The molecule has 1 fully saturated rings. The second-order valence-electron chi connectivity index (χ2n) is 5.47. The minimum Gasteiger partial charge on any atom is -0.297 e. The number of nitriles is 1. The van der Waals surface area contributed by atoms with E-state index in [4.69, 9.17) is 0 Å². The molecule has 1 saturated carbocycles. The molecular formula is C16H17F2NO. The number of hydrogen-bond acceptors (Lipinski definition) is 2. The van der Waals surface area contributed by atoms with Crippen molar-refractivity contribution in [2.24, 2.45) is 5.41 Å². The number of benzene rings is 1. The van der Waals surface area contributed by atoms with E-state index in [1.165, 1.54) is 0 Å². The van der Waals surface area contributed by atoms with E-state index in [2.05, 4.69) is 0 Å². The van der Waals surface area contributed by atoms with Crippen LogP contribution in [0.5, 0.6) is 0 Å². The van der Waals surface area contributed by atoms with Crippen molar-refractivity contribution in [3.8, 4) is 6.07 Å². The molecule has 1 aliphatic carbocycles. The molecule has 1 aromatic carbocycles. The zero-order chi connectivity index (χ0) is 14.8. The summed E-state index contributed by atoms with van der Waals surface area (Å²) in [6.45, 7) is 1.93. The van der Waals surface area contributed by atoms with Gasteiger partial charge in [-0.05, 0) is 37.0 Å². The number of carbonyl (C=O) groups excluding carboxylic acids is 1. The quantitative estimate of drug-likeness (QED) is 0.831. The highest BCUT2D eigenvalue weighted by Crippen LogP contribution is 2.45. The third kappa shape index (κ3) is 2.58. The van der Waals surface area contributed by atoms with Gasteiger partial charge in [-0.1, -0.05) is 19.8 Å². The molecule has 20 heavy (non-hydrogen) atoms. The monoisotopic (exact) mass is 277 g/mol. The highest BCUT2D eigenvalue weighted by atomic mass is 19.1. The van der Waals surface area contributed by atoms with Crippen molar-refractivity contribution in [1.82, 2.24) is 0 Å². The van der Waals surface area contributed by atoms with Crippen molar-refractivity contribution in [3.63, 3.8) is 0 Å². The Morgan fingerprint density at radius 3 is 2.30 bits per heavy atom. The molecule has 2 rings (SSSR count). The van der Waals surface area contributed by atoms with Gasteiger partial charge >= 0.3 is 0 Å². The Morgan fingerprint density at radius 1 is 1.30 bits per heavy atom. The van der Waals surface area contributed by atoms with Crippen LogP contribution in [0.2, 0.25) is 0 Å². The smallest absolute Gasteiger partial charge is 0.160 e. The van der Waals surface area contributed by atoms with E-state index in [1.807, 2.05) is 13.0 Å². The van der Waals surface area contributed by atoms with Crippen molar-refractivity contribution in [2.45, 2.75) is 44.9 Å². The van der Waals surface area contributed by atoms with Gasteiger partial charge in [0.2, 0.25) is 0 Å². The lowest BCUT2D eigenvalue weighted by Crippen LogP contribution is -2.31. The minimum atomic E-state index is -1.08. The molecule has 0 N–H and O–H groups in total. The first-order valence-corrected chi connectivity index (χ1v) is 6.92. The van der Waals surface area contributed by atoms with Crippen molar-refractivity contribution in [3.05, 3.63) is 35.4 Å². The van der Waals surface area contributed by atoms with Crippen molar-refractivity contribution < 1.29 is 13.6 Å². The Bertz CT molecular complexity index is 536. The van der Waals surface area contributed by atoms with Gasteiger partial charge in [0.15, 0.2) is 5.78 Å². The topological polar surface area (TPSA) is 40.9 Å². The second kappa shape index (κ2) is 5.70. The third-order valence-electron chi connectivity index (χ3n) is 4.37. The maximum atomic E-state index is 13.3. The maximum absolute atomic E-state index is 13.3. The molecule has 1 aliphatic rings. The Balaban J connectivity index is 2.37. The van der Waals surface area contributed by atoms with Gasteiger partial charge in [0.05, 0.1) is 6.07 Å². The van der Waals surface area contributed by atoms with Crippen LogP contribution >= 0.6 is 0 Å². The Kier molecular flexibility index (Phi) is 4.17. The van der Waals surface area contributed by atoms with Crippen molar-refractivity contribution in [2.75, 3.05) is 0 Å². The van der Waals surface area contributed by atoms with Crippen LogP contribution in [0, 0.1) is 28.4 Å². The summed E-state index contributed by atoms with van der Waals surface area (Å²) in [5.74, 6) is -2.79. The summed E-state index contributed by atoms with van der Waals surface area (Å²) >= 11 is 0. The summed E-state index contributed by atoms with van der Waals surface area (Å²) in [5, 5.41) is 9.29. The zero-order valence-corrected chi connectivity index (χ0v) is 11.5. The van der Waals surface area contributed by atoms with Crippen LogP contribution in [0.25, 0.3) is 0 Å². The van der Waals surface area contributed by atoms with Gasteiger partial charge in [0.1, 0.15) is 17.6 Å². The van der Waals surface area contributed by atoms with Gasteiger partial charge in [0, 0.05) is 11.5 Å². The van der Waals surface area contributed by atoms with E-state index >= 15 is 0 Å². The lowest BCUT2D eigenvalue weighted by Gasteiger charge is -2.28. The summed E-state index contributed by atoms with van der Waals surface area (Å²) < 4.78 is 26.6. The number of Topliss-reactive ketones (excluding diaryl/α,β-unsaturated/α-hetero) is 1. The standard InChI is InChI=1S/C16H17F2NO/c1-2-16(5-3-4-6-16)15(20)14(10-19)11-7-12(17)9-13(18)8-11/h7-9,14H,2-6H2,1H3. The molecule has 0 amide bonds. The highest BCUT2D eigenvalue weighted by Gasteiger charge is 2.43. The first-order chi connectivity index (χ1) is 9.52. The summed E-state index contributed by atoms with van der Waals surface area (Å²) in [7, 11) is 0. The SMILES string of the molecule is CCC1(C(=O)C(C#N)c2cc(F)cc(F)c2)CCCC1. The second-order valence-corrected chi connectivity index (χ2v) is 5.47. The summed E-state index contributed by atoms with van der Waals surface area (Å²) in [6.07, 6.45) is 4.13. The zero-order valence-electron chi connectivity index (χ0n) is 11.5. The molecule has 0 radical (unpaired) electrons. The number of ketones is 1. The molecule has 0 saturated heterocycles. The lowest BCUT2D eigenvalue weighted by atomic mass is 9.73. The van der Waals surface area contributed by atoms with E-state index < -0.39 is 23.0 Å². The minimum absolute atomic E-state index is 0.120. The molecule has 1 aromatic rings. The molecule has 0 aliphatic heterocycles. The molecule has 4 heteroatoms. The van der Waals surface area contributed by atoms with Crippen molar-refractivity contribution >= 4 is 5.78 Å². The predicted octanol–water partition coefficient (Wildman–Crippen LogP) is 4.11. The average Bonchev–Trinajstić information content (AvgIpc) is 2.88. The van der Waals surface area contributed by atoms with Crippen LogP contribution < -0.4 is 0 Å². The average molecular weight is 277 g/mol. The van der Waals surface area contributed by atoms with Crippen LogP contribution in [-0.2, 0) is 4.79 Å². The number of carbonyl (C=O) groups is 1. The first-order valence-electron chi connectivity index (χ1n) is 6.92. The normalized spacial score (nSPS) is 18.5. The molecule has 1 atom stereocenters. The molecule has 0 aromatic heterocycles. The molecular weight excluding hydrogens is 260 g/mol. The molecule has 106 valence electrons. The van der Waals surface area contributed by atoms with Crippen LogP contribution in [0.4, 0.5) is 8.78 Å². The van der Waals surface area contributed by atoms with Gasteiger partial charge in [-0.3, -0.25) is 4.79 Å². The summed E-state index contributed by atoms with van der Waals surface area (Å²) in [5.41, 5.74) is -0.377. The number of nitrogens with zero attached hydrogens (tertiary/aromatic N) is 1. The van der Waals surface area contributed by atoms with E-state index in [0.717, 1.165) is 43.9 Å². The fourth-order valence-electron chi connectivity index (χ4n) is 3.16. The largest absolute Gasteiger partial charge is 0.297 e. The Morgan fingerprint density at radius 2 is 1.85 bits per heavy atom. The van der Waals surface area contributed by atoms with Gasteiger partial charge in [-0.15, -0.1) is 0 Å². The van der Waals surface area contributed by atoms with E-state index in [0.29, 0.717) is 6.42 Å². The lowest BCUT2D eigenvalue weighted by molar-refractivity contribution is -0.129.